The van der Waals surface area contributed by atoms with Gasteiger partial charge in [0.05, 0.1) is 30.7 Å². The van der Waals surface area contributed by atoms with Crippen molar-refractivity contribution in [3.05, 3.63) is 41.7 Å². The minimum absolute atomic E-state index is 0.0303. The zero-order valence-corrected chi connectivity index (χ0v) is 15.3. The van der Waals surface area contributed by atoms with Gasteiger partial charge in [-0.25, -0.2) is 9.48 Å². The van der Waals surface area contributed by atoms with E-state index in [4.69, 9.17) is 4.74 Å². The molecule has 0 radical (unpaired) electrons. The number of carbonyl (C=O) groups is 1. The van der Waals surface area contributed by atoms with E-state index in [1.54, 1.807) is 7.11 Å². The van der Waals surface area contributed by atoms with Crippen LogP contribution in [0.5, 0.6) is 5.75 Å². The van der Waals surface area contributed by atoms with E-state index >= 15 is 0 Å². The number of benzene rings is 1. The molecule has 1 aliphatic rings. The molecular formula is C19H26N4O2. The number of nitrogens with zero attached hydrogens (tertiary/aromatic N) is 2. The van der Waals surface area contributed by atoms with E-state index in [0.717, 1.165) is 35.5 Å². The molecule has 6 heteroatoms. The number of carbonyl (C=O) groups excluding carboxylic acids is 1. The summed E-state index contributed by atoms with van der Waals surface area (Å²) in [6.07, 6.45) is 3.69. The average Bonchev–Trinajstić information content (AvgIpc) is 2.97. The first-order valence-electron chi connectivity index (χ1n) is 8.69. The smallest absolute Gasteiger partial charge is 0.315 e. The van der Waals surface area contributed by atoms with E-state index < -0.39 is 0 Å². The number of aromatic nitrogens is 2. The van der Waals surface area contributed by atoms with Crippen molar-refractivity contribution >= 4 is 6.03 Å². The molecule has 1 atom stereocenters. The van der Waals surface area contributed by atoms with E-state index in [1.807, 2.05) is 42.1 Å². The van der Waals surface area contributed by atoms with Crippen molar-refractivity contribution in [3.63, 3.8) is 0 Å². The molecule has 3 rings (SSSR count). The lowest BCUT2D eigenvalue weighted by atomic mass is 9.74. The molecule has 0 fully saturated rings. The molecule has 6 nitrogen and oxygen atoms in total. The molecule has 0 aliphatic heterocycles. The predicted octanol–water partition coefficient (Wildman–Crippen LogP) is 3.21. The molecule has 1 aromatic carbocycles. The number of methoxy groups -OCH3 is 1. The topological polar surface area (TPSA) is 68.2 Å². The second-order valence-electron chi connectivity index (χ2n) is 7.26. The number of hydrogen-bond acceptors (Lipinski definition) is 3. The Balaban J connectivity index is 1.94. The molecule has 2 aromatic rings. The van der Waals surface area contributed by atoms with E-state index in [1.165, 1.54) is 0 Å². The maximum absolute atomic E-state index is 12.0. The number of fused-ring (bicyclic) bond motifs is 1. The normalized spacial score (nSPS) is 18.3. The van der Waals surface area contributed by atoms with Gasteiger partial charge < -0.3 is 15.4 Å². The van der Waals surface area contributed by atoms with E-state index in [9.17, 15) is 4.79 Å². The molecular weight excluding hydrogens is 316 g/mol. The molecule has 25 heavy (non-hydrogen) atoms. The number of amides is 2. The Morgan fingerprint density at radius 2 is 2.08 bits per heavy atom. The van der Waals surface area contributed by atoms with Gasteiger partial charge >= 0.3 is 6.03 Å². The average molecular weight is 342 g/mol. The lowest BCUT2D eigenvalue weighted by Crippen LogP contribution is -2.41. The summed E-state index contributed by atoms with van der Waals surface area (Å²) in [4.78, 5) is 12.0. The number of rotatable bonds is 4. The zero-order valence-electron chi connectivity index (χ0n) is 15.3. The van der Waals surface area contributed by atoms with Gasteiger partial charge in [-0.15, -0.1) is 0 Å². The van der Waals surface area contributed by atoms with Gasteiger partial charge in [-0.2, -0.15) is 5.10 Å². The highest BCUT2D eigenvalue weighted by molar-refractivity contribution is 5.74. The Bertz CT molecular complexity index is 749. The van der Waals surface area contributed by atoms with E-state index in [2.05, 4.69) is 29.6 Å². The van der Waals surface area contributed by atoms with Crippen molar-refractivity contribution in [2.24, 2.45) is 5.41 Å². The molecule has 1 aliphatic carbocycles. The van der Waals surface area contributed by atoms with Gasteiger partial charge in [0.15, 0.2) is 0 Å². The molecule has 2 amide bonds. The Hall–Kier alpha value is -2.50. The Morgan fingerprint density at radius 3 is 2.72 bits per heavy atom. The fourth-order valence-electron chi connectivity index (χ4n) is 3.49. The summed E-state index contributed by atoms with van der Waals surface area (Å²) in [5, 5.41) is 10.5. The highest BCUT2D eigenvalue weighted by Gasteiger charge is 2.35. The number of hydrogen-bond donors (Lipinski definition) is 2. The van der Waals surface area contributed by atoms with Crippen molar-refractivity contribution in [2.75, 3.05) is 13.7 Å². The summed E-state index contributed by atoms with van der Waals surface area (Å²) >= 11 is 0. The molecule has 0 bridgehead atoms. The minimum Gasteiger partial charge on any atom is -0.497 e. The van der Waals surface area contributed by atoms with Crippen LogP contribution in [0.4, 0.5) is 4.79 Å². The van der Waals surface area contributed by atoms with Crippen LogP contribution >= 0.6 is 0 Å². The molecule has 1 aromatic heterocycles. The summed E-state index contributed by atoms with van der Waals surface area (Å²) in [7, 11) is 1.66. The van der Waals surface area contributed by atoms with Crippen molar-refractivity contribution in [1.29, 1.82) is 0 Å². The van der Waals surface area contributed by atoms with Crippen LogP contribution in [0.1, 0.15) is 44.5 Å². The van der Waals surface area contributed by atoms with Crippen LogP contribution in [-0.2, 0) is 6.42 Å². The second-order valence-corrected chi connectivity index (χ2v) is 7.26. The molecule has 134 valence electrons. The van der Waals surface area contributed by atoms with E-state index in [0.29, 0.717) is 6.54 Å². The second kappa shape index (κ2) is 6.78. The van der Waals surface area contributed by atoms with Gasteiger partial charge in [0.2, 0.25) is 0 Å². The summed E-state index contributed by atoms with van der Waals surface area (Å²) in [6, 6.07) is 7.70. The van der Waals surface area contributed by atoms with Crippen LogP contribution in [0.15, 0.2) is 30.5 Å². The zero-order chi connectivity index (χ0) is 18.0. The SMILES string of the molecule is CCNC(=O)N[C@@H]1CC(C)(C)Cc2c1cnn2-c1ccc(OC)cc1. The Morgan fingerprint density at radius 1 is 1.36 bits per heavy atom. The summed E-state index contributed by atoms with van der Waals surface area (Å²) in [6.45, 7) is 6.98. The first kappa shape index (κ1) is 17.3. The molecule has 1 heterocycles. The highest BCUT2D eigenvalue weighted by atomic mass is 16.5. The Labute approximate surface area is 148 Å². The number of ether oxygens (including phenoxy) is 1. The molecule has 0 saturated heterocycles. The maximum Gasteiger partial charge on any atom is 0.315 e. The number of nitrogens with one attached hydrogen (secondary N) is 2. The predicted molar refractivity (Wildman–Crippen MR) is 97.2 cm³/mol. The number of urea groups is 1. The van der Waals surface area contributed by atoms with Crippen molar-refractivity contribution in [3.8, 4) is 11.4 Å². The van der Waals surface area contributed by atoms with Gasteiger partial charge in [-0.05, 0) is 49.4 Å². The quantitative estimate of drug-likeness (QED) is 0.896. The van der Waals surface area contributed by atoms with Crippen molar-refractivity contribution < 1.29 is 9.53 Å². The standard InChI is InChI=1S/C19H26N4O2/c1-5-20-18(24)22-16-10-19(2,3)11-17-15(16)12-21-23(17)13-6-8-14(25-4)9-7-13/h6-9,12,16H,5,10-11H2,1-4H3,(H2,20,22,24)/t16-/m1/s1. The van der Waals surface area contributed by atoms with Crippen LogP contribution in [0.25, 0.3) is 5.69 Å². The lowest BCUT2D eigenvalue weighted by Gasteiger charge is -2.35. The van der Waals surface area contributed by atoms with Gasteiger partial charge in [-0.1, -0.05) is 13.8 Å². The van der Waals surface area contributed by atoms with Gasteiger partial charge in [0.1, 0.15) is 5.75 Å². The largest absolute Gasteiger partial charge is 0.497 e. The maximum atomic E-state index is 12.0. The van der Waals surface area contributed by atoms with Gasteiger partial charge in [-0.3, -0.25) is 0 Å². The molecule has 2 N–H and O–H groups in total. The minimum atomic E-state index is -0.131. The van der Waals surface area contributed by atoms with Crippen molar-refractivity contribution in [1.82, 2.24) is 20.4 Å². The Kier molecular flexibility index (Phi) is 4.70. The monoisotopic (exact) mass is 342 g/mol. The van der Waals surface area contributed by atoms with Gasteiger partial charge in [0, 0.05) is 12.1 Å². The van der Waals surface area contributed by atoms with Gasteiger partial charge in [0.25, 0.3) is 0 Å². The highest BCUT2D eigenvalue weighted by Crippen LogP contribution is 2.41. The third-order valence-corrected chi connectivity index (χ3v) is 4.64. The third kappa shape index (κ3) is 3.62. The molecule has 0 saturated carbocycles. The van der Waals surface area contributed by atoms with Crippen LogP contribution in [0.3, 0.4) is 0 Å². The molecule has 0 spiro atoms. The summed E-state index contributed by atoms with van der Waals surface area (Å²) < 4.78 is 7.21. The van der Waals surface area contributed by atoms with Crippen molar-refractivity contribution in [2.45, 2.75) is 39.7 Å². The lowest BCUT2D eigenvalue weighted by molar-refractivity contribution is 0.221. The fraction of sp³-hybridized carbons (Fsp3) is 0.474. The molecule has 0 unspecified atom stereocenters. The van der Waals surface area contributed by atoms with Crippen LogP contribution in [0, 0.1) is 5.41 Å². The summed E-state index contributed by atoms with van der Waals surface area (Å²) in [5.74, 6) is 0.820. The first-order chi connectivity index (χ1) is 11.9. The third-order valence-electron chi connectivity index (χ3n) is 4.64. The van der Waals surface area contributed by atoms with Crippen LogP contribution in [0.2, 0.25) is 0 Å². The van der Waals surface area contributed by atoms with Crippen LogP contribution < -0.4 is 15.4 Å². The van der Waals surface area contributed by atoms with E-state index in [-0.39, 0.29) is 17.5 Å². The van der Waals surface area contributed by atoms with Crippen LogP contribution in [-0.4, -0.2) is 29.5 Å². The fourth-order valence-corrected chi connectivity index (χ4v) is 3.49. The summed E-state index contributed by atoms with van der Waals surface area (Å²) in [5.41, 5.74) is 3.34. The first-order valence-corrected chi connectivity index (χ1v) is 8.69.